The van der Waals surface area contributed by atoms with Gasteiger partial charge < -0.3 is 4.74 Å². The third-order valence-electron chi connectivity index (χ3n) is 3.21. The number of ether oxygens (including phenoxy) is 1. The van der Waals surface area contributed by atoms with Gasteiger partial charge in [-0.2, -0.15) is 0 Å². The Morgan fingerprint density at radius 1 is 1.12 bits per heavy atom. The zero-order valence-electron chi connectivity index (χ0n) is 11.9. The van der Waals surface area contributed by atoms with Crippen molar-refractivity contribution >= 4 is 46.8 Å². The Bertz CT molecular complexity index is 922. The minimum absolute atomic E-state index is 0.0134. The summed E-state index contributed by atoms with van der Waals surface area (Å²) in [5.74, 6) is -0.694. The van der Waals surface area contributed by atoms with Gasteiger partial charge in [-0.25, -0.2) is 9.79 Å². The first-order chi connectivity index (χ1) is 11.5. The van der Waals surface area contributed by atoms with Crippen LogP contribution in [0.1, 0.15) is 11.1 Å². The number of benzene rings is 2. The number of carbonyl (C=O) groups is 1. The highest BCUT2D eigenvalue weighted by Crippen LogP contribution is 2.28. The SMILES string of the molecule is O=C1OC(c2ccc(Cl)c([N+](=O)[O-])c2)=N/C1=C\c1ccccc1Cl. The summed E-state index contributed by atoms with van der Waals surface area (Å²) in [5, 5.41) is 11.4. The fourth-order valence-electron chi connectivity index (χ4n) is 2.06. The maximum Gasteiger partial charge on any atom is 0.363 e. The van der Waals surface area contributed by atoms with E-state index in [9.17, 15) is 14.9 Å². The number of nitro benzene ring substituents is 1. The van der Waals surface area contributed by atoms with Crippen LogP contribution in [0.2, 0.25) is 10.0 Å². The van der Waals surface area contributed by atoms with E-state index in [-0.39, 0.29) is 27.9 Å². The molecule has 24 heavy (non-hydrogen) atoms. The maximum atomic E-state index is 12.0. The molecular weight excluding hydrogens is 355 g/mol. The maximum absolute atomic E-state index is 12.0. The Hall–Kier alpha value is -2.70. The number of esters is 1. The molecule has 0 spiro atoms. The Kier molecular flexibility index (Phi) is 4.33. The third-order valence-corrected chi connectivity index (χ3v) is 3.87. The zero-order valence-corrected chi connectivity index (χ0v) is 13.4. The van der Waals surface area contributed by atoms with Crippen molar-refractivity contribution in [1.82, 2.24) is 0 Å². The lowest BCUT2D eigenvalue weighted by atomic mass is 10.2. The molecule has 2 aromatic carbocycles. The summed E-state index contributed by atoms with van der Waals surface area (Å²) >= 11 is 11.8. The van der Waals surface area contributed by atoms with Gasteiger partial charge in [0.25, 0.3) is 5.69 Å². The van der Waals surface area contributed by atoms with Gasteiger partial charge in [-0.3, -0.25) is 10.1 Å². The van der Waals surface area contributed by atoms with E-state index in [0.29, 0.717) is 10.6 Å². The van der Waals surface area contributed by atoms with E-state index in [1.807, 2.05) is 0 Å². The average Bonchev–Trinajstić information content (AvgIpc) is 2.91. The van der Waals surface area contributed by atoms with Crippen molar-refractivity contribution in [1.29, 1.82) is 0 Å². The first kappa shape index (κ1) is 16.2. The summed E-state index contributed by atoms with van der Waals surface area (Å²) < 4.78 is 5.08. The summed E-state index contributed by atoms with van der Waals surface area (Å²) in [6, 6.07) is 11.0. The van der Waals surface area contributed by atoms with E-state index >= 15 is 0 Å². The van der Waals surface area contributed by atoms with E-state index in [0.717, 1.165) is 0 Å². The van der Waals surface area contributed by atoms with Gasteiger partial charge >= 0.3 is 5.97 Å². The fraction of sp³-hybridized carbons (Fsp3) is 0. The van der Waals surface area contributed by atoms with Gasteiger partial charge in [-0.1, -0.05) is 41.4 Å². The molecule has 0 saturated carbocycles. The number of halogens is 2. The Balaban J connectivity index is 2.00. The number of hydrogen-bond acceptors (Lipinski definition) is 5. The number of hydrogen-bond donors (Lipinski definition) is 0. The monoisotopic (exact) mass is 362 g/mol. The molecule has 0 fully saturated rings. The van der Waals surface area contributed by atoms with Gasteiger partial charge in [0, 0.05) is 16.7 Å². The summed E-state index contributed by atoms with van der Waals surface area (Å²) in [5.41, 5.74) is 0.646. The highest BCUT2D eigenvalue weighted by atomic mass is 35.5. The van der Waals surface area contributed by atoms with E-state index in [2.05, 4.69) is 4.99 Å². The molecule has 3 rings (SSSR count). The van der Waals surface area contributed by atoms with E-state index in [1.165, 1.54) is 24.3 Å². The number of nitrogens with zero attached hydrogens (tertiary/aromatic N) is 2. The molecule has 1 heterocycles. The molecular formula is C16H8Cl2N2O4. The lowest BCUT2D eigenvalue weighted by Crippen LogP contribution is -2.06. The predicted molar refractivity (Wildman–Crippen MR) is 90.2 cm³/mol. The van der Waals surface area contributed by atoms with Gasteiger partial charge in [-0.05, 0) is 29.8 Å². The molecule has 8 heteroatoms. The van der Waals surface area contributed by atoms with Gasteiger partial charge in [0.2, 0.25) is 5.90 Å². The Morgan fingerprint density at radius 2 is 1.88 bits per heavy atom. The van der Waals surface area contributed by atoms with Crippen LogP contribution < -0.4 is 0 Å². The standard InChI is InChI=1S/C16H8Cl2N2O4/c17-11-4-2-1-3-9(11)7-13-16(21)24-15(19-13)10-5-6-12(18)14(8-10)20(22)23/h1-8H/b13-7-. The molecule has 6 nitrogen and oxygen atoms in total. The van der Waals surface area contributed by atoms with Gasteiger partial charge in [-0.15, -0.1) is 0 Å². The van der Waals surface area contributed by atoms with Crippen molar-refractivity contribution in [3.8, 4) is 0 Å². The molecule has 0 aliphatic carbocycles. The van der Waals surface area contributed by atoms with Crippen LogP contribution in [0.25, 0.3) is 6.08 Å². The Labute approximate surface area is 146 Å². The molecule has 0 saturated heterocycles. The lowest BCUT2D eigenvalue weighted by molar-refractivity contribution is -0.384. The van der Waals surface area contributed by atoms with Crippen molar-refractivity contribution in [2.75, 3.05) is 0 Å². The predicted octanol–water partition coefficient (Wildman–Crippen LogP) is 4.25. The summed E-state index contributed by atoms with van der Waals surface area (Å²) in [6.45, 7) is 0. The molecule has 2 aromatic rings. The molecule has 0 amide bonds. The molecule has 0 bridgehead atoms. The summed E-state index contributed by atoms with van der Waals surface area (Å²) in [4.78, 5) is 26.4. The summed E-state index contributed by atoms with van der Waals surface area (Å²) in [7, 11) is 0. The summed E-state index contributed by atoms with van der Waals surface area (Å²) in [6.07, 6.45) is 1.49. The van der Waals surface area contributed by atoms with Crippen LogP contribution in [-0.2, 0) is 9.53 Å². The van der Waals surface area contributed by atoms with Crippen molar-refractivity contribution in [3.63, 3.8) is 0 Å². The van der Waals surface area contributed by atoms with Crippen LogP contribution in [-0.4, -0.2) is 16.8 Å². The first-order valence-electron chi connectivity index (χ1n) is 6.67. The molecule has 0 atom stereocenters. The first-order valence-corrected chi connectivity index (χ1v) is 7.42. The normalized spacial score (nSPS) is 15.3. The second-order valence-electron chi connectivity index (χ2n) is 4.78. The second kappa shape index (κ2) is 6.43. The second-order valence-corrected chi connectivity index (χ2v) is 5.60. The molecule has 0 N–H and O–H groups in total. The highest BCUT2D eigenvalue weighted by Gasteiger charge is 2.26. The minimum Gasteiger partial charge on any atom is -0.402 e. The number of carbonyl (C=O) groups excluding carboxylic acids is 1. The van der Waals surface area contributed by atoms with Crippen LogP contribution >= 0.6 is 23.2 Å². The topological polar surface area (TPSA) is 81.8 Å². The molecule has 1 aliphatic rings. The average molecular weight is 363 g/mol. The molecule has 0 radical (unpaired) electrons. The van der Waals surface area contributed by atoms with Crippen LogP contribution in [0, 0.1) is 10.1 Å². The van der Waals surface area contributed by atoms with Crippen LogP contribution in [0.3, 0.4) is 0 Å². The molecule has 0 unspecified atom stereocenters. The fourth-order valence-corrected chi connectivity index (χ4v) is 2.43. The van der Waals surface area contributed by atoms with Crippen molar-refractivity contribution in [2.24, 2.45) is 4.99 Å². The van der Waals surface area contributed by atoms with Crippen molar-refractivity contribution in [3.05, 3.63) is 79.4 Å². The molecule has 120 valence electrons. The minimum atomic E-state index is -0.664. The van der Waals surface area contributed by atoms with Crippen molar-refractivity contribution < 1.29 is 14.5 Å². The van der Waals surface area contributed by atoms with Gasteiger partial charge in [0.15, 0.2) is 5.70 Å². The molecule has 0 aromatic heterocycles. The van der Waals surface area contributed by atoms with Crippen LogP contribution in [0.15, 0.2) is 53.2 Å². The van der Waals surface area contributed by atoms with E-state index < -0.39 is 10.9 Å². The van der Waals surface area contributed by atoms with E-state index in [1.54, 1.807) is 24.3 Å². The van der Waals surface area contributed by atoms with Crippen molar-refractivity contribution in [2.45, 2.75) is 0 Å². The van der Waals surface area contributed by atoms with Crippen LogP contribution in [0.4, 0.5) is 5.69 Å². The number of aliphatic imine (C=N–C) groups is 1. The zero-order chi connectivity index (χ0) is 17.3. The lowest BCUT2D eigenvalue weighted by Gasteiger charge is -2.00. The quantitative estimate of drug-likeness (QED) is 0.353. The third kappa shape index (κ3) is 3.15. The largest absolute Gasteiger partial charge is 0.402 e. The number of nitro groups is 1. The van der Waals surface area contributed by atoms with Crippen LogP contribution in [0.5, 0.6) is 0 Å². The van der Waals surface area contributed by atoms with Gasteiger partial charge in [0.05, 0.1) is 4.92 Å². The van der Waals surface area contributed by atoms with Gasteiger partial charge in [0.1, 0.15) is 5.02 Å². The smallest absolute Gasteiger partial charge is 0.363 e. The highest BCUT2D eigenvalue weighted by molar-refractivity contribution is 6.33. The molecule has 1 aliphatic heterocycles. The van der Waals surface area contributed by atoms with E-state index in [4.69, 9.17) is 27.9 Å². The Morgan fingerprint density at radius 3 is 2.58 bits per heavy atom. The number of cyclic esters (lactones) is 1. The number of rotatable bonds is 3.